The summed E-state index contributed by atoms with van der Waals surface area (Å²) in [5.41, 5.74) is 0.746. The summed E-state index contributed by atoms with van der Waals surface area (Å²) >= 11 is 9.11. The highest BCUT2D eigenvalue weighted by Gasteiger charge is 2.14. The highest BCUT2D eigenvalue weighted by Crippen LogP contribution is 2.39. The van der Waals surface area contributed by atoms with E-state index in [0.717, 1.165) is 15.3 Å². The van der Waals surface area contributed by atoms with Crippen LogP contribution >= 0.6 is 34.3 Å². The molecule has 2 aromatic heterocycles. The van der Waals surface area contributed by atoms with Gasteiger partial charge < -0.3 is 5.32 Å². The number of benzene rings is 2. The number of hydrogen-bond acceptors (Lipinski definition) is 3. The van der Waals surface area contributed by atoms with E-state index in [1.54, 1.807) is 35.6 Å². The summed E-state index contributed by atoms with van der Waals surface area (Å²) in [5.74, 6) is -0.0835. The lowest BCUT2D eigenvalue weighted by molar-refractivity contribution is 0.103. The Kier molecular flexibility index (Phi) is 3.37. The summed E-state index contributed by atoms with van der Waals surface area (Å²) < 4.78 is 3.60. The number of amides is 1. The van der Waals surface area contributed by atoms with Crippen LogP contribution in [0.1, 0.15) is 9.67 Å². The van der Waals surface area contributed by atoms with Gasteiger partial charge in [-0.05, 0) is 36.4 Å². The molecule has 0 radical (unpaired) electrons. The summed E-state index contributed by atoms with van der Waals surface area (Å²) in [4.78, 5) is 13.1. The molecule has 2 heterocycles. The standard InChI is InChI=1S/C17H10ClNOS2/c18-10-5-7-11(8-6-10)19-17(20)15-9-14-16(22-15)12-3-1-2-4-13(12)21-14/h1-9H,(H,19,20). The van der Waals surface area contributed by atoms with Crippen molar-refractivity contribution in [2.24, 2.45) is 0 Å². The zero-order valence-corrected chi connectivity index (χ0v) is 13.7. The van der Waals surface area contributed by atoms with Gasteiger partial charge in [-0.15, -0.1) is 22.7 Å². The van der Waals surface area contributed by atoms with Gasteiger partial charge in [-0.25, -0.2) is 0 Å². The lowest BCUT2D eigenvalue weighted by Gasteiger charge is -2.03. The maximum Gasteiger partial charge on any atom is 0.265 e. The van der Waals surface area contributed by atoms with Crippen LogP contribution in [0.25, 0.3) is 19.5 Å². The van der Waals surface area contributed by atoms with Crippen molar-refractivity contribution >= 4 is 65.4 Å². The monoisotopic (exact) mass is 343 g/mol. The molecule has 2 nitrogen and oxygen atoms in total. The third kappa shape index (κ3) is 2.39. The number of fused-ring (bicyclic) bond motifs is 3. The summed E-state index contributed by atoms with van der Waals surface area (Å²) in [5, 5.41) is 4.78. The van der Waals surface area contributed by atoms with Crippen LogP contribution in [0.3, 0.4) is 0 Å². The van der Waals surface area contributed by atoms with Gasteiger partial charge >= 0.3 is 0 Å². The molecule has 0 aliphatic carbocycles. The molecule has 0 saturated heterocycles. The van der Waals surface area contributed by atoms with Crippen molar-refractivity contribution in [3.63, 3.8) is 0 Å². The molecule has 0 unspecified atom stereocenters. The smallest absolute Gasteiger partial charge is 0.265 e. The number of nitrogens with one attached hydrogen (secondary N) is 1. The van der Waals surface area contributed by atoms with Gasteiger partial charge in [0.05, 0.1) is 9.58 Å². The van der Waals surface area contributed by atoms with E-state index in [0.29, 0.717) is 5.02 Å². The van der Waals surface area contributed by atoms with Crippen LogP contribution in [-0.2, 0) is 0 Å². The number of thiophene rings is 2. The maximum absolute atomic E-state index is 12.4. The van der Waals surface area contributed by atoms with Gasteiger partial charge in [-0.1, -0.05) is 29.8 Å². The Morgan fingerprint density at radius 1 is 0.955 bits per heavy atom. The molecule has 1 N–H and O–H groups in total. The fourth-order valence-electron chi connectivity index (χ4n) is 2.34. The lowest BCUT2D eigenvalue weighted by Crippen LogP contribution is -2.09. The number of carbonyl (C=O) groups is 1. The summed E-state index contributed by atoms with van der Waals surface area (Å²) in [7, 11) is 0. The Labute approximate surface area is 140 Å². The van der Waals surface area contributed by atoms with E-state index >= 15 is 0 Å². The fraction of sp³-hybridized carbons (Fsp3) is 0. The van der Waals surface area contributed by atoms with Crippen LogP contribution in [0.4, 0.5) is 5.69 Å². The summed E-state index contributed by atoms with van der Waals surface area (Å²) in [6.45, 7) is 0. The van der Waals surface area contributed by atoms with Gasteiger partial charge in [0.15, 0.2) is 0 Å². The summed E-state index contributed by atoms with van der Waals surface area (Å²) in [6.07, 6.45) is 0. The Morgan fingerprint density at radius 3 is 2.55 bits per heavy atom. The minimum absolute atomic E-state index is 0.0835. The zero-order valence-electron chi connectivity index (χ0n) is 11.3. The highest BCUT2D eigenvalue weighted by molar-refractivity contribution is 7.33. The average Bonchev–Trinajstić information content (AvgIpc) is 3.07. The lowest BCUT2D eigenvalue weighted by atomic mass is 10.2. The van der Waals surface area contributed by atoms with E-state index < -0.39 is 0 Å². The van der Waals surface area contributed by atoms with Gasteiger partial charge in [0, 0.05) is 25.5 Å². The Hall–Kier alpha value is -1.88. The number of hydrogen-bond donors (Lipinski definition) is 1. The van der Waals surface area contributed by atoms with E-state index in [1.165, 1.54) is 26.1 Å². The van der Waals surface area contributed by atoms with Crippen molar-refractivity contribution < 1.29 is 4.79 Å². The first-order valence-electron chi connectivity index (χ1n) is 6.69. The molecule has 5 heteroatoms. The largest absolute Gasteiger partial charge is 0.321 e. The van der Waals surface area contributed by atoms with Crippen LogP contribution in [0.2, 0.25) is 5.02 Å². The van der Waals surface area contributed by atoms with Crippen molar-refractivity contribution in [1.29, 1.82) is 0 Å². The van der Waals surface area contributed by atoms with Gasteiger partial charge in [0.25, 0.3) is 5.91 Å². The van der Waals surface area contributed by atoms with Crippen molar-refractivity contribution in [3.05, 3.63) is 64.5 Å². The van der Waals surface area contributed by atoms with Gasteiger partial charge in [-0.3, -0.25) is 4.79 Å². The van der Waals surface area contributed by atoms with Crippen LogP contribution in [0, 0.1) is 0 Å². The number of carbonyl (C=O) groups excluding carboxylic acids is 1. The Balaban J connectivity index is 1.68. The van der Waals surface area contributed by atoms with Gasteiger partial charge in [0.2, 0.25) is 0 Å². The maximum atomic E-state index is 12.4. The molecule has 4 rings (SSSR count). The first-order valence-corrected chi connectivity index (χ1v) is 8.70. The summed E-state index contributed by atoms with van der Waals surface area (Å²) in [6, 6.07) is 17.4. The first kappa shape index (κ1) is 13.8. The van der Waals surface area contributed by atoms with Crippen LogP contribution in [0.15, 0.2) is 54.6 Å². The molecule has 0 fully saturated rings. The van der Waals surface area contributed by atoms with E-state index in [2.05, 4.69) is 17.4 Å². The number of rotatable bonds is 2. The molecule has 0 saturated carbocycles. The molecular formula is C17H10ClNOS2. The average molecular weight is 344 g/mol. The second-order valence-corrected chi connectivity index (χ2v) is 7.44. The third-order valence-corrected chi connectivity index (χ3v) is 6.04. The zero-order chi connectivity index (χ0) is 15.1. The molecule has 0 bridgehead atoms. The van der Waals surface area contributed by atoms with Crippen LogP contribution < -0.4 is 5.32 Å². The van der Waals surface area contributed by atoms with Crippen molar-refractivity contribution in [3.8, 4) is 0 Å². The number of halogens is 1. The Morgan fingerprint density at radius 2 is 1.73 bits per heavy atom. The quantitative estimate of drug-likeness (QED) is 0.473. The van der Waals surface area contributed by atoms with E-state index in [-0.39, 0.29) is 5.91 Å². The normalized spacial score (nSPS) is 11.1. The molecule has 22 heavy (non-hydrogen) atoms. The predicted molar refractivity (Wildman–Crippen MR) is 96.6 cm³/mol. The minimum Gasteiger partial charge on any atom is -0.321 e. The molecule has 0 aliphatic rings. The van der Waals surface area contributed by atoms with Crippen LogP contribution in [0.5, 0.6) is 0 Å². The topological polar surface area (TPSA) is 29.1 Å². The van der Waals surface area contributed by atoms with Gasteiger partial charge in [-0.2, -0.15) is 0 Å². The third-order valence-electron chi connectivity index (χ3n) is 3.38. The number of anilines is 1. The van der Waals surface area contributed by atoms with Crippen molar-refractivity contribution in [2.45, 2.75) is 0 Å². The molecule has 0 atom stereocenters. The molecule has 108 valence electrons. The molecule has 0 aliphatic heterocycles. The minimum atomic E-state index is -0.0835. The SMILES string of the molecule is O=C(Nc1ccc(Cl)cc1)c1cc2sc3ccccc3c2s1. The van der Waals surface area contributed by atoms with Crippen LogP contribution in [-0.4, -0.2) is 5.91 Å². The molecule has 2 aromatic carbocycles. The van der Waals surface area contributed by atoms with E-state index in [4.69, 9.17) is 11.6 Å². The second kappa shape index (κ2) is 5.39. The van der Waals surface area contributed by atoms with Crippen molar-refractivity contribution in [2.75, 3.05) is 5.32 Å². The van der Waals surface area contributed by atoms with Crippen molar-refractivity contribution in [1.82, 2.24) is 0 Å². The fourth-order valence-corrected chi connectivity index (χ4v) is 4.88. The predicted octanol–water partition coefficient (Wildman–Crippen LogP) is 6.02. The highest BCUT2D eigenvalue weighted by atomic mass is 35.5. The molecule has 0 spiro atoms. The van der Waals surface area contributed by atoms with E-state index in [9.17, 15) is 4.79 Å². The second-order valence-electron chi connectivity index (χ2n) is 4.86. The molecular weight excluding hydrogens is 334 g/mol. The van der Waals surface area contributed by atoms with Gasteiger partial charge in [0.1, 0.15) is 0 Å². The molecule has 1 amide bonds. The molecule has 4 aromatic rings. The Bertz CT molecular complexity index is 985. The first-order chi connectivity index (χ1) is 10.7. The van der Waals surface area contributed by atoms with E-state index in [1.807, 2.05) is 18.2 Å².